The van der Waals surface area contributed by atoms with E-state index in [1.165, 1.54) is 6.07 Å². The molecule has 0 atom stereocenters. The van der Waals surface area contributed by atoms with E-state index in [0.717, 1.165) is 18.4 Å². The van der Waals surface area contributed by atoms with Gasteiger partial charge in [0.05, 0.1) is 6.61 Å². The minimum atomic E-state index is -4.26. The van der Waals surface area contributed by atoms with Crippen LogP contribution < -0.4 is 18.5 Å². The van der Waals surface area contributed by atoms with Crippen LogP contribution in [0.1, 0.15) is 24.8 Å². The van der Waals surface area contributed by atoms with Gasteiger partial charge in [0, 0.05) is 12.0 Å². The summed E-state index contributed by atoms with van der Waals surface area (Å²) >= 11 is 0. The molecule has 2 N–H and O–H groups in total. The smallest absolute Gasteiger partial charge is 0.326 e. The normalized spacial score (nSPS) is 14.9. The topological polar surface area (TPSA) is 105 Å². The number of aliphatic hydroxyl groups is 1. The Hall–Kier alpha value is -3.37. The number of carbonyl (C=O) groups is 1. The second kappa shape index (κ2) is 10.3. The number of aliphatic hydroxyl groups excluding tert-OH is 1. The highest BCUT2D eigenvalue weighted by Gasteiger charge is 2.38. The summed E-state index contributed by atoms with van der Waals surface area (Å²) in [5.74, 6) is -1.15. The van der Waals surface area contributed by atoms with Gasteiger partial charge in [0.2, 0.25) is 0 Å². The van der Waals surface area contributed by atoms with E-state index in [1.807, 2.05) is 35.1 Å². The van der Waals surface area contributed by atoms with Crippen molar-refractivity contribution >= 4 is 32.6 Å². The van der Waals surface area contributed by atoms with Gasteiger partial charge in [-0.2, -0.15) is 8.42 Å². The number of anilines is 1. The van der Waals surface area contributed by atoms with Gasteiger partial charge < -0.3 is 14.6 Å². The van der Waals surface area contributed by atoms with E-state index >= 15 is 4.39 Å². The van der Waals surface area contributed by atoms with Crippen molar-refractivity contribution in [3.05, 3.63) is 66.0 Å². The molecule has 1 heterocycles. The number of hydrogen-bond acceptors (Lipinski definition) is 6. The highest BCUT2D eigenvalue weighted by molar-refractivity contribution is 7.92. The summed E-state index contributed by atoms with van der Waals surface area (Å²) < 4.78 is 55.0. The minimum absolute atomic E-state index is 0.00611. The van der Waals surface area contributed by atoms with Gasteiger partial charge in [-0.05, 0) is 48.4 Å². The molecule has 4 rings (SSSR count). The minimum Gasteiger partial charge on any atom is -0.494 e. The van der Waals surface area contributed by atoms with Gasteiger partial charge in [0.15, 0.2) is 5.82 Å². The summed E-state index contributed by atoms with van der Waals surface area (Å²) in [6.07, 6.45) is 2.22. The number of rotatable bonds is 10. The number of benzene rings is 3. The molecule has 8 nitrogen and oxygen atoms in total. The molecule has 0 aromatic heterocycles. The molecular formula is C24H25FN2O6S. The molecule has 1 aliphatic heterocycles. The maximum atomic E-state index is 15.8. The number of unbranched alkanes of at least 4 members (excludes halogenated alkanes) is 2. The molecule has 0 radical (unpaired) electrons. The van der Waals surface area contributed by atoms with Crippen molar-refractivity contribution in [2.45, 2.75) is 25.9 Å². The van der Waals surface area contributed by atoms with Crippen LogP contribution in [-0.4, -0.2) is 39.2 Å². The molecule has 180 valence electrons. The Labute approximate surface area is 197 Å². The SMILES string of the molecule is O=C1CN(c2c(OCc3ccccc3)cc3ccc(OCCCCCO)cc3c2F)S(=O)(=O)N1. The maximum absolute atomic E-state index is 15.8. The number of fused-ring (bicyclic) bond motifs is 1. The summed E-state index contributed by atoms with van der Waals surface area (Å²) in [5, 5.41) is 9.50. The van der Waals surface area contributed by atoms with Crippen molar-refractivity contribution < 1.29 is 32.2 Å². The summed E-state index contributed by atoms with van der Waals surface area (Å²) in [7, 11) is -4.26. The predicted octanol–water partition coefficient (Wildman–Crippen LogP) is 3.28. The molecule has 0 bridgehead atoms. The Morgan fingerprint density at radius 3 is 2.53 bits per heavy atom. The van der Waals surface area contributed by atoms with Gasteiger partial charge in [0.25, 0.3) is 5.91 Å². The molecular weight excluding hydrogens is 463 g/mol. The van der Waals surface area contributed by atoms with Crippen LogP contribution in [0.5, 0.6) is 11.5 Å². The molecule has 0 spiro atoms. The van der Waals surface area contributed by atoms with Crippen molar-refractivity contribution in [3.63, 3.8) is 0 Å². The molecule has 3 aromatic carbocycles. The van der Waals surface area contributed by atoms with Crippen molar-refractivity contribution in [2.75, 3.05) is 24.1 Å². The first kappa shape index (κ1) is 23.8. The van der Waals surface area contributed by atoms with Crippen LogP contribution in [0.25, 0.3) is 10.8 Å². The number of hydrogen-bond donors (Lipinski definition) is 2. The zero-order valence-corrected chi connectivity index (χ0v) is 19.2. The lowest BCUT2D eigenvalue weighted by atomic mass is 10.1. The fourth-order valence-corrected chi connectivity index (χ4v) is 4.85. The number of carbonyl (C=O) groups excluding carboxylic acids is 1. The number of ether oxygens (including phenoxy) is 2. The second-order valence-corrected chi connectivity index (χ2v) is 9.46. The lowest BCUT2D eigenvalue weighted by Gasteiger charge is -2.21. The first-order valence-electron chi connectivity index (χ1n) is 10.9. The Morgan fingerprint density at radius 2 is 1.82 bits per heavy atom. The van der Waals surface area contributed by atoms with Crippen LogP contribution in [0.2, 0.25) is 0 Å². The van der Waals surface area contributed by atoms with Crippen LogP contribution in [-0.2, 0) is 21.6 Å². The van der Waals surface area contributed by atoms with Crippen LogP contribution in [0.3, 0.4) is 0 Å². The second-order valence-electron chi connectivity index (χ2n) is 7.86. The van der Waals surface area contributed by atoms with Gasteiger partial charge in [-0.1, -0.05) is 36.4 Å². The molecule has 1 amide bonds. The molecule has 0 aliphatic carbocycles. The number of halogens is 1. The van der Waals surface area contributed by atoms with Gasteiger partial charge in [-0.3, -0.25) is 4.79 Å². The summed E-state index contributed by atoms with van der Waals surface area (Å²) in [5.41, 5.74) is 0.485. The van der Waals surface area contributed by atoms with Crippen LogP contribution in [0.4, 0.5) is 10.1 Å². The Kier molecular flexibility index (Phi) is 7.18. The highest BCUT2D eigenvalue weighted by Crippen LogP contribution is 2.40. The molecule has 1 fully saturated rings. The first-order valence-corrected chi connectivity index (χ1v) is 12.3. The zero-order valence-electron chi connectivity index (χ0n) is 18.4. The van der Waals surface area contributed by atoms with Crippen LogP contribution >= 0.6 is 0 Å². The van der Waals surface area contributed by atoms with Gasteiger partial charge in [0.1, 0.15) is 30.3 Å². The summed E-state index contributed by atoms with van der Waals surface area (Å²) in [4.78, 5) is 11.8. The van der Waals surface area contributed by atoms with E-state index in [0.29, 0.717) is 28.5 Å². The van der Waals surface area contributed by atoms with E-state index in [-0.39, 0.29) is 30.0 Å². The fourth-order valence-electron chi connectivity index (χ4n) is 3.69. The van der Waals surface area contributed by atoms with E-state index < -0.39 is 28.5 Å². The molecule has 10 heteroatoms. The molecule has 34 heavy (non-hydrogen) atoms. The van der Waals surface area contributed by atoms with Gasteiger partial charge >= 0.3 is 10.2 Å². The highest BCUT2D eigenvalue weighted by atomic mass is 32.2. The standard InChI is InChI=1S/C24H25FN2O6S/c25-23-20-14-19(32-12-6-2-5-11-28)10-9-18(20)13-21(33-16-17-7-3-1-4-8-17)24(23)27-15-22(29)26-34(27,30)31/h1,3-4,7-10,13-14,28H,2,5-6,11-12,15-16H2,(H,26,29). The molecule has 0 saturated carbocycles. The third kappa shape index (κ3) is 5.23. The molecule has 1 saturated heterocycles. The van der Waals surface area contributed by atoms with Crippen molar-refractivity contribution in [2.24, 2.45) is 0 Å². The van der Waals surface area contributed by atoms with E-state index in [2.05, 4.69) is 0 Å². The van der Waals surface area contributed by atoms with Gasteiger partial charge in [-0.15, -0.1) is 0 Å². The molecule has 1 aliphatic rings. The maximum Gasteiger partial charge on any atom is 0.326 e. The lowest BCUT2D eigenvalue weighted by Crippen LogP contribution is -2.30. The average Bonchev–Trinajstić information content (AvgIpc) is 3.09. The molecule has 3 aromatic rings. The monoisotopic (exact) mass is 488 g/mol. The predicted molar refractivity (Wildman–Crippen MR) is 126 cm³/mol. The first-order chi connectivity index (χ1) is 16.4. The van der Waals surface area contributed by atoms with Crippen LogP contribution in [0.15, 0.2) is 54.6 Å². The van der Waals surface area contributed by atoms with Crippen molar-refractivity contribution in [1.29, 1.82) is 0 Å². The van der Waals surface area contributed by atoms with Crippen LogP contribution in [0, 0.1) is 5.82 Å². The van der Waals surface area contributed by atoms with Crippen molar-refractivity contribution in [1.82, 2.24) is 4.72 Å². The zero-order chi connectivity index (χ0) is 24.1. The fraction of sp³-hybridized carbons (Fsp3) is 0.292. The van der Waals surface area contributed by atoms with E-state index in [1.54, 1.807) is 18.2 Å². The number of nitrogens with zero attached hydrogens (tertiary/aromatic N) is 1. The third-order valence-corrected chi connectivity index (χ3v) is 6.74. The third-order valence-electron chi connectivity index (χ3n) is 5.37. The Balaban J connectivity index is 1.70. The summed E-state index contributed by atoms with van der Waals surface area (Å²) in [6, 6.07) is 15.6. The largest absolute Gasteiger partial charge is 0.494 e. The quantitative estimate of drug-likeness (QED) is 0.425. The molecule has 0 unspecified atom stereocenters. The summed E-state index contributed by atoms with van der Waals surface area (Å²) in [6.45, 7) is 0.0587. The van der Waals surface area contributed by atoms with E-state index in [9.17, 15) is 13.2 Å². The Bertz CT molecular complexity index is 1280. The number of nitrogens with one attached hydrogen (secondary N) is 1. The Morgan fingerprint density at radius 1 is 1.03 bits per heavy atom. The van der Waals surface area contributed by atoms with E-state index in [4.69, 9.17) is 14.6 Å². The van der Waals surface area contributed by atoms with Crippen molar-refractivity contribution in [3.8, 4) is 11.5 Å². The van der Waals surface area contributed by atoms with Gasteiger partial charge in [-0.25, -0.2) is 13.4 Å². The number of amides is 1. The lowest BCUT2D eigenvalue weighted by molar-refractivity contribution is -0.117. The average molecular weight is 489 g/mol.